The van der Waals surface area contributed by atoms with Crippen molar-refractivity contribution in [2.45, 2.75) is 30.2 Å². The van der Waals surface area contributed by atoms with Gasteiger partial charge in [-0.1, -0.05) is 48.0 Å². The summed E-state index contributed by atoms with van der Waals surface area (Å²) in [6, 6.07) is 17.4. The summed E-state index contributed by atoms with van der Waals surface area (Å²) in [5.41, 5.74) is 2.26. The van der Waals surface area contributed by atoms with Crippen LogP contribution in [-0.2, 0) is 31.1 Å². The molecule has 8 heteroatoms. The number of nitrogens with zero attached hydrogens (tertiary/aromatic N) is 1. The van der Waals surface area contributed by atoms with E-state index < -0.39 is 24.4 Å². The lowest BCUT2D eigenvalue weighted by molar-refractivity contribution is 0.259. The molecule has 0 spiro atoms. The molecular formula is C19H25N2O4PS. The Morgan fingerprint density at radius 1 is 1.15 bits per heavy atom. The van der Waals surface area contributed by atoms with Crippen LogP contribution in [0.25, 0.3) is 0 Å². The van der Waals surface area contributed by atoms with Crippen LogP contribution in [0.15, 0.2) is 59.5 Å². The summed E-state index contributed by atoms with van der Waals surface area (Å²) in [7, 11) is -2.26. The lowest BCUT2D eigenvalue weighted by atomic mass is 10.2. The molecule has 4 atom stereocenters. The van der Waals surface area contributed by atoms with Gasteiger partial charge in [0.15, 0.2) is 0 Å². The third-order valence-electron chi connectivity index (χ3n) is 4.66. The Labute approximate surface area is 163 Å². The first-order valence-electron chi connectivity index (χ1n) is 8.70. The highest BCUT2D eigenvalue weighted by Gasteiger charge is 2.51. The highest BCUT2D eigenvalue weighted by atomic mass is 32.2. The third kappa shape index (κ3) is 4.93. The molecule has 1 N–H and O–H groups in total. The number of aryl methyl sites for hydroxylation is 1. The summed E-state index contributed by atoms with van der Waals surface area (Å²) >= 11 is 0. The predicted octanol–water partition coefficient (Wildman–Crippen LogP) is 3.30. The Morgan fingerprint density at radius 3 is 2.37 bits per heavy atom. The molecule has 0 aliphatic carbocycles. The lowest BCUT2D eigenvalue weighted by Crippen LogP contribution is -2.37. The van der Waals surface area contributed by atoms with Crippen molar-refractivity contribution in [1.82, 2.24) is 9.62 Å². The Hall–Kier alpha value is -1.34. The molecule has 0 saturated carbocycles. The number of benzene rings is 2. The number of hydrogen-bond donors (Lipinski definition) is 1. The van der Waals surface area contributed by atoms with Crippen molar-refractivity contribution in [3.05, 3.63) is 65.7 Å². The first-order valence-corrected chi connectivity index (χ1v) is 11.5. The summed E-state index contributed by atoms with van der Waals surface area (Å²) in [6.07, 6.45) is 0. The van der Waals surface area contributed by atoms with Gasteiger partial charge in [-0.25, -0.2) is 8.93 Å². The van der Waals surface area contributed by atoms with Crippen LogP contribution >= 0.6 is 7.60 Å². The van der Waals surface area contributed by atoms with E-state index in [0.717, 1.165) is 18.7 Å². The fourth-order valence-corrected chi connectivity index (χ4v) is 5.99. The monoisotopic (exact) mass is 408 g/mol. The largest absolute Gasteiger partial charge is 0.349 e. The SMILES string of the molecule is COP(=O)(OC)[C@H](N[S@@](=O)c1ccc(C)cc1)[C@@H]1CN1Cc1ccccc1. The topological polar surface area (TPSA) is 67.6 Å². The minimum Gasteiger partial charge on any atom is -0.311 e. The average Bonchev–Trinajstić information content (AvgIpc) is 3.45. The van der Waals surface area contributed by atoms with E-state index in [1.807, 2.05) is 37.3 Å². The molecule has 1 heterocycles. The standard InChI is InChI=1S/C19H25N2O4PS/c1-15-9-11-17(12-10-15)27(23)20-19(26(22,24-2)25-3)18-14-21(18)13-16-7-5-4-6-8-16/h4-12,18-20H,13-14H2,1-3H3/t18-,19-,21?,27-/m0/s1. The minimum absolute atomic E-state index is 0.0784. The normalized spacial score (nSPS) is 21.6. The van der Waals surface area contributed by atoms with Crippen LogP contribution in [0.4, 0.5) is 0 Å². The molecule has 0 bridgehead atoms. The highest BCUT2D eigenvalue weighted by Crippen LogP contribution is 2.55. The maximum Gasteiger partial charge on any atom is 0.349 e. The molecule has 6 nitrogen and oxygen atoms in total. The molecule has 0 amide bonds. The van der Waals surface area contributed by atoms with E-state index in [4.69, 9.17) is 9.05 Å². The Kier molecular flexibility index (Phi) is 6.63. The van der Waals surface area contributed by atoms with Crippen LogP contribution in [-0.4, -0.2) is 41.7 Å². The summed E-state index contributed by atoms with van der Waals surface area (Å²) < 4.78 is 39.3. The van der Waals surface area contributed by atoms with Gasteiger partial charge in [0.05, 0.1) is 10.9 Å². The fraction of sp³-hybridized carbons (Fsp3) is 0.368. The third-order valence-corrected chi connectivity index (χ3v) is 8.18. The van der Waals surface area contributed by atoms with Gasteiger partial charge in [-0.15, -0.1) is 0 Å². The Balaban J connectivity index is 1.75. The van der Waals surface area contributed by atoms with Crippen LogP contribution < -0.4 is 4.72 Å². The molecule has 1 unspecified atom stereocenters. The van der Waals surface area contributed by atoms with Crippen molar-refractivity contribution in [3.63, 3.8) is 0 Å². The zero-order chi connectivity index (χ0) is 19.4. The number of nitrogens with one attached hydrogen (secondary N) is 1. The van der Waals surface area contributed by atoms with Crippen molar-refractivity contribution in [2.75, 3.05) is 20.8 Å². The van der Waals surface area contributed by atoms with E-state index in [2.05, 4.69) is 21.8 Å². The summed E-state index contributed by atoms with van der Waals surface area (Å²) in [5, 5.41) is 0. The van der Waals surface area contributed by atoms with Gasteiger partial charge in [-0.05, 0) is 24.6 Å². The smallest absolute Gasteiger partial charge is 0.311 e. The first kappa shape index (κ1) is 20.4. The first-order chi connectivity index (χ1) is 13.0. The summed E-state index contributed by atoms with van der Waals surface area (Å²) in [6.45, 7) is 3.43. The van der Waals surface area contributed by atoms with Crippen molar-refractivity contribution >= 4 is 18.6 Å². The van der Waals surface area contributed by atoms with Crippen molar-refractivity contribution in [3.8, 4) is 0 Å². The Morgan fingerprint density at radius 2 is 1.78 bits per heavy atom. The van der Waals surface area contributed by atoms with Crippen molar-refractivity contribution in [1.29, 1.82) is 0 Å². The Bertz CT molecular complexity index is 823. The second-order valence-electron chi connectivity index (χ2n) is 6.53. The van der Waals surface area contributed by atoms with E-state index in [-0.39, 0.29) is 6.04 Å². The lowest BCUT2D eigenvalue weighted by Gasteiger charge is -2.25. The van der Waals surface area contributed by atoms with Crippen LogP contribution in [0.2, 0.25) is 0 Å². The zero-order valence-corrected chi connectivity index (χ0v) is 17.4. The van der Waals surface area contributed by atoms with E-state index in [0.29, 0.717) is 4.90 Å². The van der Waals surface area contributed by atoms with Crippen LogP contribution in [0, 0.1) is 6.92 Å². The molecule has 3 rings (SSSR count). The molecule has 1 saturated heterocycles. The molecule has 1 aliphatic rings. The molecule has 2 aromatic carbocycles. The zero-order valence-electron chi connectivity index (χ0n) is 15.7. The quantitative estimate of drug-likeness (QED) is 0.509. The predicted molar refractivity (Wildman–Crippen MR) is 107 cm³/mol. The molecule has 1 fully saturated rings. The van der Waals surface area contributed by atoms with Crippen molar-refractivity contribution in [2.24, 2.45) is 0 Å². The average molecular weight is 408 g/mol. The summed E-state index contributed by atoms with van der Waals surface area (Å²) in [5.74, 6) is -0.682. The van der Waals surface area contributed by atoms with Gasteiger partial charge in [0.2, 0.25) is 0 Å². The van der Waals surface area contributed by atoms with Crippen LogP contribution in [0.5, 0.6) is 0 Å². The number of rotatable bonds is 9. The fourth-order valence-electron chi connectivity index (χ4n) is 2.99. The van der Waals surface area contributed by atoms with E-state index in [9.17, 15) is 8.77 Å². The van der Waals surface area contributed by atoms with Gasteiger partial charge < -0.3 is 9.05 Å². The maximum atomic E-state index is 13.1. The second kappa shape index (κ2) is 8.78. The summed E-state index contributed by atoms with van der Waals surface area (Å²) in [4.78, 5) is 2.78. The van der Waals surface area contributed by atoms with Gasteiger partial charge in [0.25, 0.3) is 0 Å². The van der Waals surface area contributed by atoms with Crippen LogP contribution in [0.3, 0.4) is 0 Å². The molecule has 2 aromatic rings. The molecule has 0 aromatic heterocycles. The van der Waals surface area contributed by atoms with Gasteiger partial charge in [-0.2, -0.15) is 0 Å². The van der Waals surface area contributed by atoms with Crippen LogP contribution in [0.1, 0.15) is 11.1 Å². The molecular weight excluding hydrogens is 383 g/mol. The van der Waals surface area contributed by atoms with E-state index in [1.165, 1.54) is 19.8 Å². The molecule has 0 radical (unpaired) electrons. The second-order valence-corrected chi connectivity index (χ2v) is 10.1. The van der Waals surface area contributed by atoms with E-state index in [1.54, 1.807) is 12.1 Å². The molecule has 1 aliphatic heterocycles. The molecule has 146 valence electrons. The maximum absolute atomic E-state index is 13.1. The van der Waals surface area contributed by atoms with Gasteiger partial charge in [0, 0.05) is 27.3 Å². The number of hydrogen-bond acceptors (Lipinski definition) is 5. The van der Waals surface area contributed by atoms with Gasteiger partial charge in [0.1, 0.15) is 16.8 Å². The highest BCUT2D eigenvalue weighted by molar-refractivity contribution is 7.83. The minimum atomic E-state index is -3.46. The van der Waals surface area contributed by atoms with Gasteiger partial charge >= 0.3 is 7.60 Å². The van der Waals surface area contributed by atoms with Crippen molar-refractivity contribution < 1.29 is 17.8 Å². The van der Waals surface area contributed by atoms with E-state index >= 15 is 0 Å². The molecule has 27 heavy (non-hydrogen) atoms. The van der Waals surface area contributed by atoms with Gasteiger partial charge in [-0.3, -0.25) is 9.46 Å².